The average molecular weight is 239 g/mol. The van der Waals surface area contributed by atoms with Crippen LogP contribution >= 0.6 is 34.8 Å². The number of hydrogen-bond donors (Lipinski definition) is 1. The summed E-state index contributed by atoms with van der Waals surface area (Å²) >= 11 is 17.1. The van der Waals surface area contributed by atoms with Crippen LogP contribution in [-0.4, -0.2) is 16.8 Å². The van der Waals surface area contributed by atoms with Crippen LogP contribution in [0.1, 0.15) is 5.56 Å². The van der Waals surface area contributed by atoms with Gasteiger partial charge in [0.25, 0.3) is 0 Å². The molecule has 1 aromatic carbocycles. The predicted molar refractivity (Wildman–Crippen MR) is 55.5 cm³/mol. The van der Waals surface area contributed by atoms with Gasteiger partial charge in [0.1, 0.15) is 5.71 Å². The molecular weight excluding hydrogens is 232 g/mol. The maximum atomic E-state index is 8.59. The maximum Gasteiger partial charge on any atom is 0.103 e. The van der Waals surface area contributed by atoms with Crippen molar-refractivity contribution < 1.29 is 5.21 Å². The molecule has 5 heteroatoms. The van der Waals surface area contributed by atoms with Crippen LogP contribution in [0.25, 0.3) is 0 Å². The second kappa shape index (κ2) is 4.70. The molecule has 1 N–H and O–H groups in total. The van der Waals surface area contributed by atoms with Gasteiger partial charge in [-0.3, -0.25) is 0 Å². The summed E-state index contributed by atoms with van der Waals surface area (Å²) in [6.45, 7) is 0. The lowest BCUT2D eigenvalue weighted by Crippen LogP contribution is -2.03. The van der Waals surface area contributed by atoms with Gasteiger partial charge >= 0.3 is 0 Å². The van der Waals surface area contributed by atoms with Crippen LogP contribution in [0.2, 0.25) is 10.0 Å². The van der Waals surface area contributed by atoms with Crippen molar-refractivity contribution in [2.75, 3.05) is 5.88 Å². The van der Waals surface area contributed by atoms with Gasteiger partial charge in [-0.1, -0.05) is 34.4 Å². The Hall–Kier alpha value is -0.440. The molecular formula is C8H6Cl3NO. The molecule has 0 atom stereocenters. The van der Waals surface area contributed by atoms with Crippen molar-refractivity contribution in [3.05, 3.63) is 33.8 Å². The number of nitrogens with zero attached hydrogens (tertiary/aromatic N) is 1. The van der Waals surface area contributed by atoms with E-state index < -0.39 is 0 Å². The standard InChI is InChI=1S/C8H6Cl3NO/c9-4-8(12-13)6-2-1-5(10)3-7(6)11/h1-3,13H,4H2/b12-8+. The van der Waals surface area contributed by atoms with E-state index in [9.17, 15) is 0 Å². The summed E-state index contributed by atoms with van der Waals surface area (Å²) in [6, 6.07) is 4.87. The Bertz CT molecular complexity index is 338. The molecule has 13 heavy (non-hydrogen) atoms. The van der Waals surface area contributed by atoms with Gasteiger partial charge in [0.2, 0.25) is 0 Å². The lowest BCUT2D eigenvalue weighted by molar-refractivity contribution is 0.319. The first-order valence-corrected chi connectivity index (χ1v) is 4.70. The van der Waals surface area contributed by atoms with Gasteiger partial charge in [-0.2, -0.15) is 0 Å². The predicted octanol–water partition coefficient (Wildman–Crippen LogP) is 3.41. The second-order valence-electron chi connectivity index (χ2n) is 2.30. The molecule has 0 saturated heterocycles. The van der Waals surface area contributed by atoms with E-state index in [0.29, 0.717) is 21.3 Å². The topological polar surface area (TPSA) is 32.6 Å². The van der Waals surface area contributed by atoms with E-state index in [1.54, 1.807) is 18.2 Å². The average Bonchev–Trinajstić information content (AvgIpc) is 2.10. The van der Waals surface area contributed by atoms with E-state index in [0.717, 1.165) is 0 Å². The zero-order chi connectivity index (χ0) is 9.84. The molecule has 1 aromatic rings. The van der Waals surface area contributed by atoms with E-state index in [-0.39, 0.29) is 5.88 Å². The van der Waals surface area contributed by atoms with Gasteiger partial charge in [-0.05, 0) is 12.1 Å². The molecule has 0 fully saturated rings. The van der Waals surface area contributed by atoms with Gasteiger partial charge < -0.3 is 5.21 Å². The molecule has 0 aliphatic heterocycles. The number of alkyl halides is 1. The van der Waals surface area contributed by atoms with Gasteiger partial charge in [0, 0.05) is 10.6 Å². The Kier molecular flexibility index (Phi) is 3.85. The SMILES string of the molecule is O/N=C(\CCl)c1ccc(Cl)cc1Cl. The Morgan fingerprint density at radius 1 is 1.38 bits per heavy atom. The van der Waals surface area contributed by atoms with E-state index in [4.69, 9.17) is 40.0 Å². The van der Waals surface area contributed by atoms with Crippen molar-refractivity contribution in [1.29, 1.82) is 0 Å². The molecule has 0 heterocycles. The number of hydrogen-bond acceptors (Lipinski definition) is 2. The normalized spacial score (nSPS) is 11.8. The highest BCUT2D eigenvalue weighted by Gasteiger charge is 2.07. The molecule has 0 saturated carbocycles. The summed E-state index contributed by atoms with van der Waals surface area (Å²) in [5.41, 5.74) is 0.909. The molecule has 0 aromatic heterocycles. The number of halogens is 3. The third-order valence-electron chi connectivity index (χ3n) is 1.49. The Labute approximate surface area is 90.7 Å². The van der Waals surface area contributed by atoms with Crippen LogP contribution in [0.4, 0.5) is 0 Å². The van der Waals surface area contributed by atoms with Gasteiger partial charge in [0.15, 0.2) is 0 Å². The first-order valence-electron chi connectivity index (χ1n) is 3.41. The number of rotatable bonds is 2. The fourth-order valence-corrected chi connectivity index (χ4v) is 1.59. The Morgan fingerprint density at radius 2 is 2.08 bits per heavy atom. The molecule has 0 bridgehead atoms. The highest BCUT2D eigenvalue weighted by Crippen LogP contribution is 2.21. The zero-order valence-corrected chi connectivity index (χ0v) is 8.74. The molecule has 0 radical (unpaired) electrons. The zero-order valence-electron chi connectivity index (χ0n) is 6.47. The smallest absolute Gasteiger partial charge is 0.103 e. The van der Waals surface area contributed by atoms with Crippen LogP contribution in [0, 0.1) is 0 Å². The summed E-state index contributed by atoms with van der Waals surface area (Å²) in [6.07, 6.45) is 0. The molecule has 0 aliphatic carbocycles. The largest absolute Gasteiger partial charge is 0.411 e. The summed E-state index contributed by atoms with van der Waals surface area (Å²) < 4.78 is 0. The highest BCUT2D eigenvalue weighted by atomic mass is 35.5. The summed E-state index contributed by atoms with van der Waals surface area (Å²) in [5.74, 6) is 0.0951. The Morgan fingerprint density at radius 3 is 2.54 bits per heavy atom. The van der Waals surface area contributed by atoms with Crippen molar-refractivity contribution in [3.63, 3.8) is 0 Å². The summed E-state index contributed by atoms with van der Waals surface area (Å²) in [5, 5.41) is 12.6. The molecule has 2 nitrogen and oxygen atoms in total. The highest BCUT2D eigenvalue weighted by molar-refractivity contribution is 6.39. The molecule has 0 spiro atoms. The first-order chi connectivity index (χ1) is 6.19. The quantitative estimate of drug-likeness (QED) is 0.364. The molecule has 0 unspecified atom stereocenters. The van der Waals surface area contributed by atoms with Crippen LogP contribution < -0.4 is 0 Å². The molecule has 1 rings (SSSR count). The van der Waals surface area contributed by atoms with Crippen LogP contribution in [-0.2, 0) is 0 Å². The second-order valence-corrected chi connectivity index (χ2v) is 3.42. The fourth-order valence-electron chi connectivity index (χ4n) is 0.876. The van der Waals surface area contributed by atoms with Crippen molar-refractivity contribution in [2.45, 2.75) is 0 Å². The van der Waals surface area contributed by atoms with Gasteiger partial charge in [-0.15, -0.1) is 11.6 Å². The lowest BCUT2D eigenvalue weighted by atomic mass is 10.1. The molecule has 70 valence electrons. The third-order valence-corrected chi connectivity index (χ3v) is 2.29. The van der Waals surface area contributed by atoms with E-state index in [1.165, 1.54) is 0 Å². The van der Waals surface area contributed by atoms with E-state index in [1.807, 2.05) is 0 Å². The van der Waals surface area contributed by atoms with E-state index in [2.05, 4.69) is 5.16 Å². The van der Waals surface area contributed by atoms with Crippen LogP contribution in [0.3, 0.4) is 0 Å². The van der Waals surface area contributed by atoms with Crippen molar-refractivity contribution in [1.82, 2.24) is 0 Å². The van der Waals surface area contributed by atoms with E-state index >= 15 is 0 Å². The van der Waals surface area contributed by atoms with Gasteiger partial charge in [-0.25, -0.2) is 0 Å². The number of benzene rings is 1. The molecule has 0 aliphatic rings. The fraction of sp³-hybridized carbons (Fsp3) is 0.125. The van der Waals surface area contributed by atoms with Crippen LogP contribution in [0.15, 0.2) is 23.4 Å². The van der Waals surface area contributed by atoms with Crippen molar-refractivity contribution in [3.8, 4) is 0 Å². The monoisotopic (exact) mass is 237 g/mol. The maximum absolute atomic E-state index is 8.59. The molecule has 0 amide bonds. The first kappa shape index (κ1) is 10.6. The minimum absolute atomic E-state index is 0.0951. The van der Waals surface area contributed by atoms with Crippen molar-refractivity contribution in [2.24, 2.45) is 5.16 Å². The van der Waals surface area contributed by atoms with Gasteiger partial charge in [0.05, 0.1) is 10.9 Å². The lowest BCUT2D eigenvalue weighted by Gasteiger charge is -2.03. The third kappa shape index (κ3) is 2.50. The van der Waals surface area contributed by atoms with Crippen molar-refractivity contribution >= 4 is 40.5 Å². The summed E-state index contributed by atoms with van der Waals surface area (Å²) in [7, 11) is 0. The Balaban J connectivity index is 3.15. The summed E-state index contributed by atoms with van der Waals surface area (Å²) in [4.78, 5) is 0. The minimum Gasteiger partial charge on any atom is -0.411 e. The van der Waals surface area contributed by atoms with Crippen LogP contribution in [0.5, 0.6) is 0 Å². The number of oxime groups is 1. The minimum atomic E-state index is 0.0951.